The molecule has 0 bridgehead atoms. The largest absolute Gasteiger partial charge is 0.495 e. The number of hydrogen-bond donors (Lipinski definition) is 2. The van der Waals surface area contributed by atoms with Gasteiger partial charge in [-0.05, 0) is 30.3 Å². The first-order chi connectivity index (χ1) is 11.7. The normalized spacial score (nSPS) is 10.9. The van der Waals surface area contributed by atoms with E-state index in [2.05, 4.69) is 5.32 Å². The molecular weight excluding hydrogens is 361 g/mol. The topological polar surface area (TPSA) is 67.4 Å². The van der Waals surface area contributed by atoms with Crippen LogP contribution in [0.1, 0.15) is 5.56 Å². The van der Waals surface area contributed by atoms with Gasteiger partial charge in [-0.2, -0.15) is 13.2 Å². The van der Waals surface area contributed by atoms with Crippen LogP contribution in [0.5, 0.6) is 5.75 Å². The number of anilines is 2. The standard InChI is InChI=1S/C16H12ClF3N2O3/c1-25-13-7-6-9(17)8-12(13)22-15(24)14(23)21-11-5-3-2-4-10(11)16(18,19)20/h2-8H,1H3,(H,21,23)(H,22,24). The maximum atomic E-state index is 12.9. The first kappa shape index (κ1) is 18.6. The molecule has 0 spiro atoms. The molecule has 0 aromatic heterocycles. The van der Waals surface area contributed by atoms with Crippen molar-refractivity contribution in [2.24, 2.45) is 0 Å². The van der Waals surface area contributed by atoms with Crippen LogP contribution in [0.4, 0.5) is 24.5 Å². The first-order valence-corrected chi connectivity index (χ1v) is 7.22. The minimum Gasteiger partial charge on any atom is -0.495 e. The Hall–Kier alpha value is -2.74. The lowest BCUT2D eigenvalue weighted by Crippen LogP contribution is -2.30. The molecule has 0 aliphatic heterocycles. The fourth-order valence-corrected chi connectivity index (χ4v) is 2.15. The number of carbonyl (C=O) groups is 2. The quantitative estimate of drug-likeness (QED) is 0.802. The van der Waals surface area contributed by atoms with E-state index in [4.69, 9.17) is 16.3 Å². The Morgan fingerprint density at radius 2 is 1.60 bits per heavy atom. The summed E-state index contributed by atoms with van der Waals surface area (Å²) in [5.41, 5.74) is -1.47. The van der Waals surface area contributed by atoms with Gasteiger partial charge in [-0.25, -0.2) is 0 Å². The van der Waals surface area contributed by atoms with Crippen molar-refractivity contribution in [1.82, 2.24) is 0 Å². The van der Waals surface area contributed by atoms with Crippen LogP contribution in [-0.4, -0.2) is 18.9 Å². The molecule has 0 radical (unpaired) electrons. The first-order valence-electron chi connectivity index (χ1n) is 6.84. The molecule has 0 aliphatic rings. The number of para-hydroxylation sites is 1. The molecule has 0 saturated carbocycles. The molecule has 5 nitrogen and oxygen atoms in total. The van der Waals surface area contributed by atoms with Crippen molar-refractivity contribution >= 4 is 34.8 Å². The van der Waals surface area contributed by atoms with E-state index in [1.807, 2.05) is 5.32 Å². The van der Waals surface area contributed by atoms with E-state index in [0.717, 1.165) is 12.1 Å². The third-order valence-corrected chi connectivity index (χ3v) is 3.33. The van der Waals surface area contributed by atoms with Crippen molar-refractivity contribution in [2.75, 3.05) is 17.7 Å². The zero-order valence-electron chi connectivity index (χ0n) is 12.8. The van der Waals surface area contributed by atoms with Crippen molar-refractivity contribution in [3.05, 3.63) is 53.1 Å². The van der Waals surface area contributed by atoms with E-state index in [0.29, 0.717) is 0 Å². The summed E-state index contributed by atoms with van der Waals surface area (Å²) in [6.45, 7) is 0. The molecule has 0 fully saturated rings. The molecule has 0 atom stereocenters. The second-order valence-corrected chi connectivity index (χ2v) is 5.23. The predicted molar refractivity (Wildman–Crippen MR) is 86.7 cm³/mol. The molecule has 0 aliphatic carbocycles. The van der Waals surface area contributed by atoms with Gasteiger partial charge in [0, 0.05) is 5.02 Å². The summed E-state index contributed by atoms with van der Waals surface area (Å²) in [6, 6.07) is 8.65. The number of benzene rings is 2. The number of nitrogens with one attached hydrogen (secondary N) is 2. The zero-order valence-corrected chi connectivity index (χ0v) is 13.5. The summed E-state index contributed by atoms with van der Waals surface area (Å²) >= 11 is 5.81. The molecule has 25 heavy (non-hydrogen) atoms. The Kier molecular flexibility index (Phi) is 5.53. The van der Waals surface area contributed by atoms with Crippen LogP contribution in [0.25, 0.3) is 0 Å². The molecule has 2 aromatic carbocycles. The SMILES string of the molecule is COc1ccc(Cl)cc1NC(=O)C(=O)Nc1ccccc1C(F)(F)F. The smallest absolute Gasteiger partial charge is 0.418 e. The van der Waals surface area contributed by atoms with Crippen LogP contribution in [0.2, 0.25) is 5.02 Å². The van der Waals surface area contributed by atoms with Crippen molar-refractivity contribution < 1.29 is 27.5 Å². The van der Waals surface area contributed by atoms with Gasteiger partial charge in [0.15, 0.2) is 0 Å². The molecule has 0 heterocycles. The Morgan fingerprint density at radius 1 is 1.00 bits per heavy atom. The summed E-state index contributed by atoms with van der Waals surface area (Å²) in [5, 5.41) is 4.46. The van der Waals surface area contributed by atoms with E-state index >= 15 is 0 Å². The van der Waals surface area contributed by atoms with Gasteiger partial charge in [0.1, 0.15) is 5.75 Å². The summed E-state index contributed by atoms with van der Waals surface area (Å²) in [7, 11) is 1.35. The van der Waals surface area contributed by atoms with Crippen LogP contribution >= 0.6 is 11.6 Å². The Bertz CT molecular complexity index is 809. The van der Waals surface area contributed by atoms with Gasteiger partial charge >= 0.3 is 18.0 Å². The highest BCUT2D eigenvalue weighted by atomic mass is 35.5. The second kappa shape index (κ2) is 7.43. The van der Waals surface area contributed by atoms with Gasteiger partial charge in [0.05, 0.1) is 24.0 Å². The van der Waals surface area contributed by atoms with Gasteiger partial charge in [0.2, 0.25) is 0 Å². The maximum Gasteiger partial charge on any atom is 0.418 e. The third-order valence-electron chi connectivity index (χ3n) is 3.10. The maximum absolute atomic E-state index is 12.9. The number of methoxy groups -OCH3 is 1. The molecule has 2 aromatic rings. The fourth-order valence-electron chi connectivity index (χ4n) is 1.98. The Labute approximate surface area is 145 Å². The van der Waals surface area contributed by atoms with E-state index in [1.165, 1.54) is 37.4 Å². The summed E-state index contributed by atoms with van der Waals surface area (Å²) in [4.78, 5) is 23.9. The lowest BCUT2D eigenvalue weighted by Gasteiger charge is -2.14. The van der Waals surface area contributed by atoms with Gasteiger partial charge in [-0.15, -0.1) is 0 Å². The highest BCUT2D eigenvalue weighted by Gasteiger charge is 2.34. The lowest BCUT2D eigenvalue weighted by molar-refractivity contribution is -0.137. The van der Waals surface area contributed by atoms with E-state index in [1.54, 1.807) is 0 Å². The average molecular weight is 373 g/mol. The van der Waals surface area contributed by atoms with E-state index < -0.39 is 29.2 Å². The monoisotopic (exact) mass is 372 g/mol. The van der Waals surface area contributed by atoms with Gasteiger partial charge in [-0.1, -0.05) is 23.7 Å². The van der Waals surface area contributed by atoms with Crippen molar-refractivity contribution in [3.8, 4) is 5.75 Å². The van der Waals surface area contributed by atoms with Crippen LogP contribution in [0.3, 0.4) is 0 Å². The average Bonchev–Trinajstić information content (AvgIpc) is 2.54. The molecule has 0 saturated heterocycles. The summed E-state index contributed by atoms with van der Waals surface area (Å²) in [5.74, 6) is -2.20. The number of alkyl halides is 3. The number of hydrogen-bond acceptors (Lipinski definition) is 3. The fraction of sp³-hybridized carbons (Fsp3) is 0.125. The van der Waals surface area contributed by atoms with Crippen LogP contribution in [0, 0.1) is 0 Å². The molecule has 2 N–H and O–H groups in total. The van der Waals surface area contributed by atoms with Crippen LogP contribution < -0.4 is 15.4 Å². The third kappa shape index (κ3) is 4.63. The van der Waals surface area contributed by atoms with Crippen molar-refractivity contribution in [1.29, 1.82) is 0 Å². The number of halogens is 4. The predicted octanol–water partition coefficient (Wildman–Crippen LogP) is 3.94. The van der Waals surface area contributed by atoms with E-state index in [9.17, 15) is 22.8 Å². The highest BCUT2D eigenvalue weighted by Crippen LogP contribution is 2.34. The van der Waals surface area contributed by atoms with Gasteiger partial charge in [0.25, 0.3) is 0 Å². The minimum atomic E-state index is -4.67. The van der Waals surface area contributed by atoms with Crippen molar-refractivity contribution in [3.63, 3.8) is 0 Å². The van der Waals surface area contributed by atoms with Crippen LogP contribution in [-0.2, 0) is 15.8 Å². The second-order valence-electron chi connectivity index (χ2n) is 4.80. The van der Waals surface area contributed by atoms with Gasteiger partial charge < -0.3 is 15.4 Å². The molecular formula is C16H12ClF3N2O3. The number of amides is 2. The molecule has 2 amide bonds. The minimum absolute atomic E-state index is 0.110. The molecule has 2 rings (SSSR count). The summed E-state index contributed by atoms with van der Waals surface area (Å²) in [6.07, 6.45) is -4.67. The van der Waals surface area contributed by atoms with E-state index in [-0.39, 0.29) is 16.5 Å². The zero-order chi connectivity index (χ0) is 18.6. The highest BCUT2D eigenvalue weighted by molar-refractivity contribution is 6.44. The number of carbonyl (C=O) groups excluding carboxylic acids is 2. The van der Waals surface area contributed by atoms with Crippen LogP contribution in [0.15, 0.2) is 42.5 Å². The Morgan fingerprint density at radius 3 is 2.20 bits per heavy atom. The lowest BCUT2D eigenvalue weighted by atomic mass is 10.1. The van der Waals surface area contributed by atoms with Gasteiger partial charge in [-0.3, -0.25) is 9.59 Å². The number of ether oxygens (including phenoxy) is 1. The Balaban J connectivity index is 2.18. The number of rotatable bonds is 3. The van der Waals surface area contributed by atoms with Crippen molar-refractivity contribution in [2.45, 2.75) is 6.18 Å². The summed E-state index contributed by atoms with van der Waals surface area (Å²) < 4.78 is 43.7. The molecule has 0 unspecified atom stereocenters. The molecule has 132 valence electrons. The molecule has 9 heteroatoms.